The fourth-order valence-electron chi connectivity index (χ4n) is 2.87. The molecule has 6 nitrogen and oxygen atoms in total. The molecule has 0 aliphatic heterocycles. The summed E-state index contributed by atoms with van der Waals surface area (Å²) < 4.78 is 13.3. The standard InChI is InChI=1S/C21H22N2O4S2/c1-4-27-20(25)14-9-10-16-18(13-14)29-21(23(16)11-12-28-3)22-19(24)15-7-5-6-8-17(15)26-2/h5-10,13H,4,11-12H2,1-3H3. The van der Waals surface area contributed by atoms with E-state index >= 15 is 0 Å². The number of rotatable bonds is 7. The smallest absolute Gasteiger partial charge is 0.338 e. The van der Waals surface area contributed by atoms with Gasteiger partial charge >= 0.3 is 5.97 Å². The van der Waals surface area contributed by atoms with Gasteiger partial charge in [0.05, 0.1) is 35.1 Å². The van der Waals surface area contributed by atoms with Crippen molar-refractivity contribution in [3.63, 3.8) is 0 Å². The summed E-state index contributed by atoms with van der Waals surface area (Å²) in [6.45, 7) is 2.80. The minimum atomic E-state index is -0.363. The third-order valence-corrected chi connectivity index (χ3v) is 5.88. The van der Waals surface area contributed by atoms with Crippen LogP contribution in [0.5, 0.6) is 5.75 Å². The number of amides is 1. The number of aromatic nitrogens is 1. The predicted octanol–water partition coefficient (Wildman–Crippen LogP) is 3.99. The highest BCUT2D eigenvalue weighted by atomic mass is 32.2. The second kappa shape index (κ2) is 9.76. The van der Waals surface area contributed by atoms with Crippen molar-refractivity contribution in [3.8, 4) is 5.75 Å². The quantitative estimate of drug-likeness (QED) is 0.530. The number of carbonyl (C=O) groups excluding carboxylic acids is 2. The third kappa shape index (κ3) is 4.71. The first-order chi connectivity index (χ1) is 14.1. The van der Waals surface area contributed by atoms with Crippen LogP contribution in [0, 0.1) is 0 Å². The molecule has 0 fully saturated rings. The van der Waals surface area contributed by atoms with E-state index in [4.69, 9.17) is 9.47 Å². The van der Waals surface area contributed by atoms with Crippen molar-refractivity contribution < 1.29 is 19.1 Å². The molecule has 0 N–H and O–H groups in total. The zero-order valence-corrected chi connectivity index (χ0v) is 18.1. The highest BCUT2D eigenvalue weighted by Gasteiger charge is 2.14. The Morgan fingerprint density at radius 1 is 1.21 bits per heavy atom. The van der Waals surface area contributed by atoms with Gasteiger partial charge in [-0.1, -0.05) is 23.5 Å². The number of para-hydroxylation sites is 1. The van der Waals surface area contributed by atoms with Crippen molar-refractivity contribution in [2.24, 2.45) is 4.99 Å². The van der Waals surface area contributed by atoms with Crippen molar-refractivity contribution >= 4 is 45.2 Å². The van der Waals surface area contributed by atoms with Gasteiger partial charge in [0.1, 0.15) is 5.75 Å². The lowest BCUT2D eigenvalue weighted by atomic mass is 10.2. The van der Waals surface area contributed by atoms with Gasteiger partial charge in [0.2, 0.25) is 0 Å². The van der Waals surface area contributed by atoms with Crippen LogP contribution in [0.1, 0.15) is 27.6 Å². The molecule has 0 aliphatic rings. The lowest BCUT2D eigenvalue weighted by Gasteiger charge is -2.06. The molecule has 0 spiro atoms. The SMILES string of the molecule is CCOC(=O)c1ccc2c(c1)sc(=NC(=O)c1ccccc1OC)n2CCSC. The van der Waals surface area contributed by atoms with Crippen molar-refractivity contribution in [3.05, 3.63) is 58.4 Å². The summed E-state index contributed by atoms with van der Waals surface area (Å²) in [5.41, 5.74) is 1.83. The second-order valence-corrected chi connectivity index (χ2v) is 8.04. The van der Waals surface area contributed by atoms with Crippen LogP contribution < -0.4 is 9.54 Å². The molecule has 0 radical (unpaired) electrons. The Kier molecular flexibility index (Phi) is 7.11. The van der Waals surface area contributed by atoms with Crippen molar-refractivity contribution in [1.82, 2.24) is 4.57 Å². The van der Waals surface area contributed by atoms with E-state index < -0.39 is 0 Å². The van der Waals surface area contributed by atoms with Gasteiger partial charge in [-0.15, -0.1) is 0 Å². The van der Waals surface area contributed by atoms with Crippen LogP contribution in [-0.2, 0) is 11.3 Å². The molecule has 152 valence electrons. The molecular weight excluding hydrogens is 408 g/mol. The number of thiazole rings is 1. The summed E-state index contributed by atoms with van der Waals surface area (Å²) in [7, 11) is 1.53. The van der Waals surface area contributed by atoms with Crippen LogP contribution in [0.3, 0.4) is 0 Å². The number of carbonyl (C=O) groups is 2. The second-order valence-electron chi connectivity index (χ2n) is 6.05. The third-order valence-electron chi connectivity index (χ3n) is 4.25. The molecule has 3 aromatic rings. The number of fused-ring (bicyclic) bond motifs is 1. The van der Waals surface area contributed by atoms with Gasteiger partial charge < -0.3 is 14.0 Å². The van der Waals surface area contributed by atoms with Crippen LogP contribution in [0.15, 0.2) is 47.5 Å². The van der Waals surface area contributed by atoms with E-state index in [9.17, 15) is 9.59 Å². The van der Waals surface area contributed by atoms with E-state index in [0.717, 1.165) is 16.0 Å². The molecule has 0 bridgehead atoms. The Labute approximate surface area is 177 Å². The predicted molar refractivity (Wildman–Crippen MR) is 117 cm³/mol. The molecule has 2 aromatic carbocycles. The Balaban J connectivity index is 2.10. The lowest BCUT2D eigenvalue weighted by molar-refractivity contribution is 0.0526. The molecule has 8 heteroatoms. The molecule has 29 heavy (non-hydrogen) atoms. The first kappa shape index (κ1) is 21.1. The number of benzene rings is 2. The molecular formula is C21H22N2O4S2. The molecule has 3 rings (SSSR count). The highest BCUT2D eigenvalue weighted by molar-refractivity contribution is 7.98. The summed E-state index contributed by atoms with van der Waals surface area (Å²) in [6.07, 6.45) is 2.03. The Bertz CT molecular complexity index is 1100. The van der Waals surface area contributed by atoms with E-state index in [-0.39, 0.29) is 11.9 Å². The van der Waals surface area contributed by atoms with Crippen molar-refractivity contribution in [1.29, 1.82) is 0 Å². The molecule has 0 atom stereocenters. The highest BCUT2D eigenvalue weighted by Crippen LogP contribution is 2.22. The maximum absolute atomic E-state index is 12.8. The maximum atomic E-state index is 12.8. The average Bonchev–Trinajstić information content (AvgIpc) is 3.08. The molecule has 0 saturated heterocycles. The molecule has 1 heterocycles. The van der Waals surface area contributed by atoms with Gasteiger partial charge in [-0.05, 0) is 43.5 Å². The van der Waals surface area contributed by atoms with E-state index in [1.807, 2.05) is 23.0 Å². The summed E-state index contributed by atoms with van der Waals surface area (Å²) in [4.78, 5) is 29.9. The molecule has 0 aliphatic carbocycles. The van der Waals surface area contributed by atoms with Gasteiger partial charge in [-0.25, -0.2) is 4.79 Å². The summed E-state index contributed by atoms with van der Waals surface area (Å²) in [6, 6.07) is 12.4. The van der Waals surface area contributed by atoms with Gasteiger partial charge in [0.15, 0.2) is 4.80 Å². The Morgan fingerprint density at radius 3 is 2.72 bits per heavy atom. The fraction of sp³-hybridized carbons (Fsp3) is 0.286. The van der Waals surface area contributed by atoms with Crippen molar-refractivity contribution in [2.75, 3.05) is 25.7 Å². The number of esters is 1. The van der Waals surface area contributed by atoms with Gasteiger partial charge in [-0.2, -0.15) is 16.8 Å². The Hall–Kier alpha value is -2.58. The zero-order chi connectivity index (χ0) is 20.8. The molecule has 1 aromatic heterocycles. The molecule has 1 amide bonds. The van der Waals surface area contributed by atoms with Gasteiger partial charge in [0, 0.05) is 12.3 Å². The summed E-state index contributed by atoms with van der Waals surface area (Å²) in [5, 5.41) is 0. The van der Waals surface area contributed by atoms with Crippen LogP contribution in [0.2, 0.25) is 0 Å². The fourth-order valence-corrected chi connectivity index (χ4v) is 4.33. The first-order valence-electron chi connectivity index (χ1n) is 9.10. The number of hydrogen-bond acceptors (Lipinski definition) is 6. The number of ether oxygens (including phenoxy) is 2. The maximum Gasteiger partial charge on any atom is 0.338 e. The topological polar surface area (TPSA) is 69.9 Å². The minimum absolute atomic E-state index is 0.322. The monoisotopic (exact) mass is 430 g/mol. The van der Waals surface area contributed by atoms with Crippen LogP contribution in [0.25, 0.3) is 10.2 Å². The number of thioether (sulfide) groups is 1. The number of aryl methyl sites for hydroxylation is 1. The molecule has 0 unspecified atom stereocenters. The van der Waals surface area contributed by atoms with Crippen molar-refractivity contribution in [2.45, 2.75) is 13.5 Å². The minimum Gasteiger partial charge on any atom is -0.496 e. The Morgan fingerprint density at radius 2 is 2.00 bits per heavy atom. The van der Waals surface area contributed by atoms with E-state index in [1.165, 1.54) is 18.4 Å². The van der Waals surface area contributed by atoms with E-state index in [0.29, 0.717) is 34.8 Å². The average molecular weight is 431 g/mol. The van der Waals surface area contributed by atoms with E-state index in [2.05, 4.69) is 4.99 Å². The summed E-state index contributed by atoms with van der Waals surface area (Å²) in [5.74, 6) is 0.642. The summed E-state index contributed by atoms with van der Waals surface area (Å²) >= 11 is 3.09. The van der Waals surface area contributed by atoms with E-state index in [1.54, 1.807) is 49.0 Å². The van der Waals surface area contributed by atoms with Gasteiger partial charge in [0.25, 0.3) is 5.91 Å². The number of methoxy groups -OCH3 is 1. The van der Waals surface area contributed by atoms with Crippen LogP contribution in [0.4, 0.5) is 0 Å². The van der Waals surface area contributed by atoms with Gasteiger partial charge in [-0.3, -0.25) is 4.79 Å². The number of nitrogens with zero attached hydrogens (tertiary/aromatic N) is 2. The largest absolute Gasteiger partial charge is 0.496 e. The first-order valence-corrected chi connectivity index (χ1v) is 11.3. The lowest BCUT2D eigenvalue weighted by Crippen LogP contribution is -2.18. The molecule has 0 saturated carbocycles. The van der Waals surface area contributed by atoms with Crippen LogP contribution in [-0.4, -0.2) is 42.2 Å². The van der Waals surface area contributed by atoms with Crippen LogP contribution >= 0.6 is 23.1 Å². The normalized spacial score (nSPS) is 11.6. The zero-order valence-electron chi connectivity index (χ0n) is 16.5. The number of hydrogen-bond donors (Lipinski definition) is 0.